The smallest absolute Gasteiger partial charge is 0.186 e. The minimum absolute atomic E-state index is 0.370. The summed E-state index contributed by atoms with van der Waals surface area (Å²) < 4.78 is 5.76. The fraction of sp³-hybridized carbons (Fsp3) is 0.800. The molecule has 5 heteroatoms. The Morgan fingerprint density at radius 2 is 2.35 bits per heavy atom. The van der Waals surface area contributed by atoms with Gasteiger partial charge in [-0.1, -0.05) is 13.8 Å². The van der Waals surface area contributed by atoms with Crippen molar-refractivity contribution in [1.82, 2.24) is 10.3 Å². The fourth-order valence-electron chi connectivity index (χ4n) is 3.13. The summed E-state index contributed by atoms with van der Waals surface area (Å²) in [7, 11) is 0. The average molecular weight is 295 g/mol. The Bertz CT molecular complexity index is 448. The molecule has 1 aromatic heterocycles. The monoisotopic (exact) mass is 295 g/mol. The summed E-state index contributed by atoms with van der Waals surface area (Å²) in [6.07, 6.45) is 5.17. The standard InChI is InChI=1S/C15H25N3OS/c1-3-11-10-18(8-9-19-11)15-17-14-12(16-4-2)6-5-7-13(14)20-15/h11-12,16H,3-10H2,1-2H3. The Kier molecular flexibility index (Phi) is 4.58. The first kappa shape index (κ1) is 14.3. The predicted octanol–water partition coefficient (Wildman–Crippen LogP) is 2.75. The van der Waals surface area contributed by atoms with Crippen LogP contribution in [0.15, 0.2) is 0 Å². The summed E-state index contributed by atoms with van der Waals surface area (Å²) in [5, 5.41) is 4.79. The number of rotatable bonds is 4. The molecule has 0 spiro atoms. The molecule has 1 fully saturated rings. The highest BCUT2D eigenvalue weighted by atomic mass is 32.1. The molecule has 0 saturated carbocycles. The van der Waals surface area contributed by atoms with Gasteiger partial charge in [0.2, 0.25) is 0 Å². The van der Waals surface area contributed by atoms with Gasteiger partial charge in [-0.2, -0.15) is 0 Å². The molecule has 4 nitrogen and oxygen atoms in total. The molecule has 112 valence electrons. The van der Waals surface area contributed by atoms with Crippen LogP contribution in [-0.4, -0.2) is 37.3 Å². The van der Waals surface area contributed by atoms with Crippen molar-refractivity contribution in [3.8, 4) is 0 Å². The van der Waals surface area contributed by atoms with E-state index in [0.29, 0.717) is 12.1 Å². The maximum Gasteiger partial charge on any atom is 0.186 e. The molecule has 1 aromatic rings. The first-order valence-corrected chi connectivity index (χ1v) is 8.73. The molecule has 0 aromatic carbocycles. The van der Waals surface area contributed by atoms with Crippen molar-refractivity contribution >= 4 is 16.5 Å². The molecule has 2 aliphatic rings. The van der Waals surface area contributed by atoms with Gasteiger partial charge in [0, 0.05) is 18.0 Å². The lowest BCUT2D eigenvalue weighted by molar-refractivity contribution is 0.0384. The van der Waals surface area contributed by atoms with Gasteiger partial charge < -0.3 is 15.0 Å². The van der Waals surface area contributed by atoms with E-state index in [4.69, 9.17) is 9.72 Å². The lowest BCUT2D eigenvalue weighted by Crippen LogP contribution is -2.42. The van der Waals surface area contributed by atoms with Gasteiger partial charge in [0.15, 0.2) is 5.13 Å². The molecular weight excluding hydrogens is 270 g/mol. The van der Waals surface area contributed by atoms with Crippen LogP contribution in [0.5, 0.6) is 0 Å². The second-order valence-corrected chi connectivity index (χ2v) is 6.72. The maximum absolute atomic E-state index is 5.76. The summed E-state index contributed by atoms with van der Waals surface area (Å²) in [5.74, 6) is 0. The molecule has 2 heterocycles. The third-order valence-corrected chi connectivity index (χ3v) is 5.45. The molecule has 0 radical (unpaired) electrons. The number of fused-ring (bicyclic) bond motifs is 1. The third kappa shape index (κ3) is 2.85. The van der Waals surface area contributed by atoms with Crippen molar-refractivity contribution in [2.24, 2.45) is 0 Å². The second-order valence-electron chi connectivity index (χ2n) is 5.65. The van der Waals surface area contributed by atoms with Crippen LogP contribution in [0.4, 0.5) is 5.13 Å². The zero-order valence-corrected chi connectivity index (χ0v) is 13.3. The summed E-state index contributed by atoms with van der Waals surface area (Å²) in [6.45, 7) is 8.20. The van der Waals surface area contributed by atoms with Gasteiger partial charge in [0.1, 0.15) is 0 Å². The largest absolute Gasteiger partial charge is 0.375 e. The Hall–Kier alpha value is -0.650. The van der Waals surface area contributed by atoms with E-state index in [2.05, 4.69) is 24.1 Å². The number of morpholine rings is 1. The van der Waals surface area contributed by atoms with E-state index in [1.807, 2.05) is 11.3 Å². The normalized spacial score (nSPS) is 26.6. The van der Waals surface area contributed by atoms with Gasteiger partial charge in [-0.15, -0.1) is 11.3 Å². The van der Waals surface area contributed by atoms with E-state index < -0.39 is 0 Å². The summed E-state index contributed by atoms with van der Waals surface area (Å²) in [4.78, 5) is 8.89. The Labute approximate surface area is 125 Å². The molecule has 20 heavy (non-hydrogen) atoms. The zero-order valence-electron chi connectivity index (χ0n) is 12.5. The summed E-state index contributed by atoms with van der Waals surface area (Å²) in [5.41, 5.74) is 1.32. The lowest BCUT2D eigenvalue weighted by atomic mass is 9.98. The Morgan fingerprint density at radius 3 is 3.15 bits per heavy atom. The SMILES string of the molecule is CCNC1CCCc2sc(N3CCOC(CC)C3)nc21. The molecule has 1 aliphatic carbocycles. The number of hydrogen-bond acceptors (Lipinski definition) is 5. The van der Waals surface area contributed by atoms with E-state index >= 15 is 0 Å². The summed E-state index contributed by atoms with van der Waals surface area (Å²) in [6, 6.07) is 0.469. The minimum Gasteiger partial charge on any atom is -0.375 e. The molecule has 2 unspecified atom stereocenters. The van der Waals surface area contributed by atoms with Gasteiger partial charge in [0.05, 0.1) is 24.4 Å². The van der Waals surface area contributed by atoms with Gasteiger partial charge in [-0.3, -0.25) is 0 Å². The number of hydrogen-bond donors (Lipinski definition) is 1. The zero-order chi connectivity index (χ0) is 13.9. The highest BCUT2D eigenvalue weighted by Crippen LogP contribution is 2.37. The van der Waals surface area contributed by atoms with E-state index in [1.54, 1.807) is 0 Å². The van der Waals surface area contributed by atoms with Crippen molar-refractivity contribution in [1.29, 1.82) is 0 Å². The number of ether oxygens (including phenoxy) is 1. The van der Waals surface area contributed by atoms with Crippen LogP contribution in [0.1, 0.15) is 49.7 Å². The van der Waals surface area contributed by atoms with Crippen LogP contribution < -0.4 is 10.2 Å². The highest BCUT2D eigenvalue weighted by molar-refractivity contribution is 7.15. The Morgan fingerprint density at radius 1 is 1.45 bits per heavy atom. The predicted molar refractivity (Wildman–Crippen MR) is 83.7 cm³/mol. The van der Waals surface area contributed by atoms with Crippen LogP contribution in [0.2, 0.25) is 0 Å². The Balaban J connectivity index is 1.78. The van der Waals surface area contributed by atoms with Crippen molar-refractivity contribution in [2.75, 3.05) is 31.1 Å². The van der Waals surface area contributed by atoms with Crippen molar-refractivity contribution in [2.45, 2.75) is 51.7 Å². The van der Waals surface area contributed by atoms with E-state index in [1.165, 1.54) is 35.0 Å². The molecule has 1 saturated heterocycles. The highest BCUT2D eigenvalue weighted by Gasteiger charge is 2.27. The first-order valence-electron chi connectivity index (χ1n) is 7.91. The van der Waals surface area contributed by atoms with Crippen LogP contribution in [-0.2, 0) is 11.2 Å². The number of thiazole rings is 1. The van der Waals surface area contributed by atoms with Crippen molar-refractivity contribution in [3.05, 3.63) is 10.6 Å². The molecule has 1 N–H and O–H groups in total. The van der Waals surface area contributed by atoms with Gasteiger partial charge in [-0.25, -0.2) is 4.98 Å². The van der Waals surface area contributed by atoms with Crippen LogP contribution in [0.25, 0.3) is 0 Å². The molecule has 3 rings (SSSR count). The fourth-order valence-corrected chi connectivity index (χ4v) is 4.32. The summed E-state index contributed by atoms with van der Waals surface area (Å²) >= 11 is 1.90. The van der Waals surface area contributed by atoms with Crippen LogP contribution in [0, 0.1) is 0 Å². The number of nitrogens with zero attached hydrogens (tertiary/aromatic N) is 2. The number of nitrogens with one attached hydrogen (secondary N) is 1. The van der Waals surface area contributed by atoms with Gasteiger partial charge in [-0.05, 0) is 32.2 Å². The molecule has 1 aliphatic heterocycles. The lowest BCUT2D eigenvalue weighted by Gasteiger charge is -2.32. The van der Waals surface area contributed by atoms with Gasteiger partial charge in [0.25, 0.3) is 0 Å². The number of aromatic nitrogens is 1. The van der Waals surface area contributed by atoms with E-state index in [-0.39, 0.29) is 0 Å². The molecule has 0 bridgehead atoms. The number of aryl methyl sites for hydroxylation is 1. The van der Waals surface area contributed by atoms with Crippen LogP contribution in [0.3, 0.4) is 0 Å². The second kappa shape index (κ2) is 6.41. The molecular formula is C15H25N3OS. The van der Waals surface area contributed by atoms with Crippen molar-refractivity contribution < 1.29 is 4.74 Å². The number of anilines is 1. The first-order chi connectivity index (χ1) is 9.81. The van der Waals surface area contributed by atoms with Crippen LogP contribution >= 0.6 is 11.3 Å². The molecule has 2 atom stereocenters. The molecule has 0 amide bonds. The topological polar surface area (TPSA) is 37.4 Å². The third-order valence-electron chi connectivity index (χ3n) is 4.26. The minimum atomic E-state index is 0.370. The average Bonchev–Trinajstić information content (AvgIpc) is 2.93. The van der Waals surface area contributed by atoms with Crippen molar-refractivity contribution in [3.63, 3.8) is 0 Å². The maximum atomic E-state index is 5.76. The van der Waals surface area contributed by atoms with Gasteiger partial charge >= 0.3 is 0 Å². The van der Waals surface area contributed by atoms with E-state index in [9.17, 15) is 0 Å². The quantitative estimate of drug-likeness (QED) is 0.927. The van der Waals surface area contributed by atoms with E-state index in [0.717, 1.165) is 32.7 Å².